The number of nitrogens with zero attached hydrogens (tertiary/aromatic N) is 1. The summed E-state index contributed by atoms with van der Waals surface area (Å²) in [4.78, 5) is 29.5. The van der Waals surface area contributed by atoms with Crippen LogP contribution in [-0.4, -0.2) is 33.1 Å². The third kappa shape index (κ3) is 2.00. The van der Waals surface area contributed by atoms with Gasteiger partial charge in [-0.15, -0.1) is 0 Å². The molecular formula is C25H19N3O3. The Morgan fingerprint density at radius 3 is 2.55 bits per heavy atom. The minimum absolute atomic E-state index is 0.120. The van der Waals surface area contributed by atoms with E-state index in [1.165, 1.54) is 5.56 Å². The van der Waals surface area contributed by atoms with Gasteiger partial charge in [0.15, 0.2) is 0 Å². The quantitative estimate of drug-likeness (QED) is 0.367. The summed E-state index contributed by atoms with van der Waals surface area (Å²) in [5.74, 6) is -0.541. The van der Waals surface area contributed by atoms with E-state index in [0.717, 1.165) is 56.5 Å². The predicted molar refractivity (Wildman–Crippen MR) is 120 cm³/mol. The van der Waals surface area contributed by atoms with Crippen LogP contribution in [0.25, 0.3) is 43.6 Å². The van der Waals surface area contributed by atoms with E-state index in [1.807, 2.05) is 36.4 Å². The molecule has 0 bridgehead atoms. The first-order valence-electron chi connectivity index (χ1n) is 10.6. The minimum Gasteiger partial charge on any atom is -0.396 e. The second kappa shape index (κ2) is 5.74. The number of carbonyl (C=O) groups is 2. The zero-order valence-corrected chi connectivity index (χ0v) is 16.7. The van der Waals surface area contributed by atoms with Crippen LogP contribution in [0.3, 0.4) is 0 Å². The molecule has 31 heavy (non-hydrogen) atoms. The lowest BCUT2D eigenvalue weighted by Gasteiger charge is -2.14. The van der Waals surface area contributed by atoms with Crippen LogP contribution in [0, 0.1) is 5.92 Å². The number of aliphatic hydroxyl groups is 1. The van der Waals surface area contributed by atoms with E-state index >= 15 is 0 Å². The summed E-state index contributed by atoms with van der Waals surface area (Å²) in [6.45, 7) is 0.793. The van der Waals surface area contributed by atoms with Crippen LogP contribution in [0.5, 0.6) is 0 Å². The number of amides is 2. The smallest absolute Gasteiger partial charge is 0.259 e. The Hall–Kier alpha value is -3.64. The molecule has 2 aromatic heterocycles. The first-order chi connectivity index (χ1) is 15.2. The molecule has 1 unspecified atom stereocenters. The number of carbonyl (C=O) groups excluding carboxylic acids is 2. The van der Waals surface area contributed by atoms with Crippen molar-refractivity contribution >= 4 is 55.4 Å². The maximum Gasteiger partial charge on any atom is 0.259 e. The molecular weight excluding hydrogens is 390 g/mol. The predicted octanol–water partition coefficient (Wildman–Crippen LogP) is 3.87. The van der Waals surface area contributed by atoms with E-state index in [2.05, 4.69) is 20.9 Å². The van der Waals surface area contributed by atoms with Gasteiger partial charge in [0.05, 0.1) is 27.7 Å². The van der Waals surface area contributed by atoms with E-state index in [1.54, 1.807) is 0 Å². The van der Waals surface area contributed by atoms with Gasteiger partial charge in [-0.3, -0.25) is 14.9 Å². The van der Waals surface area contributed by atoms with Gasteiger partial charge in [-0.25, -0.2) is 0 Å². The summed E-state index contributed by atoms with van der Waals surface area (Å²) in [6.07, 6.45) is 1.79. The monoisotopic (exact) mass is 409 g/mol. The largest absolute Gasteiger partial charge is 0.396 e. The number of fused-ring (bicyclic) bond motifs is 10. The van der Waals surface area contributed by atoms with Gasteiger partial charge >= 0.3 is 0 Å². The molecule has 0 fully saturated rings. The first kappa shape index (κ1) is 17.1. The number of aliphatic hydroxyl groups excluding tert-OH is 1. The number of imide groups is 1. The van der Waals surface area contributed by atoms with Crippen LogP contribution in [0.4, 0.5) is 0 Å². The fraction of sp³-hybridized carbons (Fsp3) is 0.200. The molecule has 2 aliphatic heterocycles. The number of benzene rings is 3. The number of aromatic nitrogens is 2. The number of nitrogens with one attached hydrogen (secondary N) is 2. The molecule has 0 aliphatic carbocycles. The van der Waals surface area contributed by atoms with Gasteiger partial charge in [0.2, 0.25) is 0 Å². The van der Waals surface area contributed by atoms with E-state index in [9.17, 15) is 14.7 Å². The molecule has 3 aromatic carbocycles. The molecule has 2 aliphatic rings. The third-order valence-electron chi connectivity index (χ3n) is 7.06. The summed E-state index contributed by atoms with van der Waals surface area (Å²) in [7, 11) is 0. The molecule has 4 heterocycles. The number of para-hydroxylation sites is 2. The Morgan fingerprint density at radius 2 is 1.71 bits per heavy atom. The van der Waals surface area contributed by atoms with Crippen LogP contribution in [-0.2, 0) is 13.0 Å². The van der Waals surface area contributed by atoms with Crippen molar-refractivity contribution in [3.05, 3.63) is 59.2 Å². The van der Waals surface area contributed by atoms with Crippen molar-refractivity contribution in [2.45, 2.75) is 19.4 Å². The Balaban J connectivity index is 1.82. The summed E-state index contributed by atoms with van der Waals surface area (Å²) in [6, 6.07) is 14.1. The van der Waals surface area contributed by atoms with Gasteiger partial charge in [-0.05, 0) is 24.5 Å². The summed E-state index contributed by atoms with van der Waals surface area (Å²) >= 11 is 0. The van der Waals surface area contributed by atoms with E-state index < -0.39 is 0 Å². The SMILES string of the molecule is O=C1NC(=O)c2c1c1c3ccccc3[nH]c1c1c2c2cccc3c2n1CC(CO)CC3. The second-order valence-corrected chi connectivity index (χ2v) is 8.69. The highest BCUT2D eigenvalue weighted by molar-refractivity contribution is 6.39. The standard InChI is InChI=1S/C25H19N3O3/c29-11-12-8-9-13-4-3-6-15-18-20-19(24(30)27-25(20)31)17-14-5-1-2-7-16(14)26-21(17)23(18)28(10-12)22(13)15/h1-7,12,26,29H,8-11H2,(H,27,30,31). The Kier molecular flexibility index (Phi) is 3.16. The molecule has 0 spiro atoms. The van der Waals surface area contributed by atoms with E-state index in [4.69, 9.17) is 0 Å². The van der Waals surface area contributed by atoms with Crippen molar-refractivity contribution in [1.29, 1.82) is 0 Å². The van der Waals surface area contributed by atoms with Crippen LogP contribution >= 0.6 is 0 Å². The van der Waals surface area contributed by atoms with Crippen molar-refractivity contribution in [3.8, 4) is 0 Å². The summed E-state index contributed by atoms with van der Waals surface area (Å²) in [5.41, 5.74) is 6.01. The van der Waals surface area contributed by atoms with Crippen molar-refractivity contribution < 1.29 is 14.7 Å². The van der Waals surface area contributed by atoms with Crippen molar-refractivity contribution in [1.82, 2.24) is 14.9 Å². The highest BCUT2D eigenvalue weighted by Gasteiger charge is 2.36. The topological polar surface area (TPSA) is 87.1 Å². The molecule has 3 N–H and O–H groups in total. The zero-order valence-electron chi connectivity index (χ0n) is 16.7. The lowest BCUT2D eigenvalue weighted by atomic mass is 9.95. The van der Waals surface area contributed by atoms with Crippen molar-refractivity contribution in [2.24, 2.45) is 5.92 Å². The third-order valence-corrected chi connectivity index (χ3v) is 7.06. The van der Waals surface area contributed by atoms with E-state index in [0.29, 0.717) is 17.7 Å². The average molecular weight is 409 g/mol. The second-order valence-electron chi connectivity index (χ2n) is 8.69. The molecule has 6 heteroatoms. The van der Waals surface area contributed by atoms with Crippen molar-refractivity contribution in [3.63, 3.8) is 0 Å². The molecule has 6 nitrogen and oxygen atoms in total. The molecule has 7 rings (SSSR count). The van der Waals surface area contributed by atoms with Crippen LogP contribution in [0.15, 0.2) is 42.5 Å². The maximum absolute atomic E-state index is 13.0. The molecule has 152 valence electrons. The fourth-order valence-corrected chi connectivity index (χ4v) is 5.75. The average Bonchev–Trinajstić information content (AvgIpc) is 3.35. The number of rotatable bonds is 1. The molecule has 0 saturated heterocycles. The molecule has 5 aromatic rings. The Bertz CT molecular complexity index is 1620. The highest BCUT2D eigenvalue weighted by Crippen LogP contribution is 2.45. The Labute approximate surface area is 176 Å². The van der Waals surface area contributed by atoms with Gasteiger partial charge in [-0.2, -0.15) is 0 Å². The molecule has 1 atom stereocenters. The normalized spacial score (nSPS) is 18.3. The lowest BCUT2D eigenvalue weighted by molar-refractivity contribution is 0.0880. The van der Waals surface area contributed by atoms with Gasteiger partial charge in [-0.1, -0.05) is 36.4 Å². The number of aryl methyl sites for hydroxylation is 1. The van der Waals surface area contributed by atoms with Crippen LogP contribution < -0.4 is 5.32 Å². The number of hydrogen-bond acceptors (Lipinski definition) is 3. The number of hydrogen-bond donors (Lipinski definition) is 3. The summed E-state index contributed by atoms with van der Waals surface area (Å²) < 4.78 is 2.27. The molecule has 0 saturated carbocycles. The van der Waals surface area contributed by atoms with Gasteiger partial charge in [0.1, 0.15) is 0 Å². The number of aromatic amines is 1. The van der Waals surface area contributed by atoms with Crippen LogP contribution in [0.1, 0.15) is 32.7 Å². The highest BCUT2D eigenvalue weighted by atomic mass is 16.3. The molecule has 2 amide bonds. The van der Waals surface area contributed by atoms with Crippen molar-refractivity contribution in [2.75, 3.05) is 6.61 Å². The van der Waals surface area contributed by atoms with Gasteiger partial charge < -0.3 is 14.7 Å². The van der Waals surface area contributed by atoms with Gasteiger partial charge in [0.25, 0.3) is 11.8 Å². The minimum atomic E-state index is -0.339. The van der Waals surface area contributed by atoms with Gasteiger partial charge in [0, 0.05) is 46.1 Å². The van der Waals surface area contributed by atoms with Crippen LogP contribution in [0.2, 0.25) is 0 Å². The first-order valence-corrected chi connectivity index (χ1v) is 10.6. The fourth-order valence-electron chi connectivity index (χ4n) is 5.75. The van der Waals surface area contributed by atoms with E-state index in [-0.39, 0.29) is 24.3 Å². The Morgan fingerprint density at radius 1 is 0.935 bits per heavy atom. The summed E-state index contributed by atoms with van der Waals surface area (Å²) in [5, 5.41) is 16.1. The maximum atomic E-state index is 13.0. The molecule has 0 radical (unpaired) electrons. The number of H-pyrrole nitrogens is 1. The zero-order chi connectivity index (χ0) is 20.9. The lowest BCUT2D eigenvalue weighted by Crippen LogP contribution is -2.20.